The van der Waals surface area contributed by atoms with E-state index < -0.39 is 0 Å². The van der Waals surface area contributed by atoms with Crippen molar-refractivity contribution in [1.82, 2.24) is 29.9 Å². The summed E-state index contributed by atoms with van der Waals surface area (Å²) >= 11 is 0. The number of fused-ring (bicyclic) bond motifs is 1. The van der Waals surface area contributed by atoms with Crippen LogP contribution in [0.1, 0.15) is 71.3 Å². The number of phenolic OH excluding ortho intramolecular Hbond substituents is 1. The maximum Gasteiger partial charge on any atom is 0.328 e. The lowest BCUT2D eigenvalue weighted by Gasteiger charge is -2.38. The summed E-state index contributed by atoms with van der Waals surface area (Å²) in [4.78, 5) is 46.7. The molecule has 0 radical (unpaired) electrons. The number of rotatable bonds is 8. The van der Waals surface area contributed by atoms with Gasteiger partial charge in [0.1, 0.15) is 11.9 Å². The molecular formula is C46H53N9O5. The molecule has 0 bridgehead atoms. The lowest BCUT2D eigenvalue weighted by Crippen LogP contribution is -2.49. The summed E-state index contributed by atoms with van der Waals surface area (Å²) in [6, 6.07) is 21.3. The van der Waals surface area contributed by atoms with Gasteiger partial charge in [-0.3, -0.25) is 19.8 Å². The number of nitrogen functional groups attached to an aromatic ring is 1. The van der Waals surface area contributed by atoms with Gasteiger partial charge < -0.3 is 34.8 Å². The number of urea groups is 1. The summed E-state index contributed by atoms with van der Waals surface area (Å²) in [5, 5.41) is 22.3. The van der Waals surface area contributed by atoms with E-state index in [0.29, 0.717) is 67.3 Å². The maximum absolute atomic E-state index is 13.8. The molecule has 4 saturated heterocycles. The van der Waals surface area contributed by atoms with Crippen LogP contribution in [-0.4, -0.2) is 106 Å². The second-order valence-electron chi connectivity index (χ2n) is 16.9. The lowest BCUT2D eigenvalue weighted by molar-refractivity contribution is -0.120. The highest BCUT2D eigenvalue weighted by molar-refractivity contribution is 6.10. The van der Waals surface area contributed by atoms with Crippen molar-refractivity contribution >= 4 is 45.9 Å². The number of ether oxygens (including phenoxy) is 1. The first-order valence-electron chi connectivity index (χ1n) is 21.2. The zero-order valence-electron chi connectivity index (χ0n) is 34.3. The Kier molecular flexibility index (Phi) is 10.9. The van der Waals surface area contributed by atoms with Crippen LogP contribution in [0, 0.1) is 19.8 Å². The van der Waals surface area contributed by atoms with Crippen molar-refractivity contribution in [1.29, 1.82) is 0 Å². The number of imide groups is 1. The summed E-state index contributed by atoms with van der Waals surface area (Å²) in [6.07, 6.45) is 6.34. The van der Waals surface area contributed by atoms with Crippen LogP contribution >= 0.6 is 0 Å². The molecular weight excluding hydrogens is 759 g/mol. The number of hydrogen-bond donors (Lipinski definition) is 3. The van der Waals surface area contributed by atoms with Crippen LogP contribution in [0.3, 0.4) is 0 Å². The van der Waals surface area contributed by atoms with Gasteiger partial charge in [-0.2, -0.15) is 0 Å². The molecule has 14 nitrogen and oxygen atoms in total. The van der Waals surface area contributed by atoms with Gasteiger partial charge in [0.05, 0.1) is 29.2 Å². The standard InChI is InChI=1S/C46H53N9O5/c1-29-23-38-36(39(24-29)55-20-14-43(57)48-46(55)59)13-19-54(38)33-11-15-51(16-12-33)27-31-9-17-52(18-10-31)45(58)32-7-8-34(30(2)25-32)42-28-53(21-22-60-42)40-26-37(49-50-44(40)47)35-5-3-4-6-41(35)56/h3-8,13,19,23-26,31,33,42,56H,9-12,14-18,20-22,27-28H2,1-2H3,(H2,47,50)(H,48,57,59)/t42-/m0/s1. The number of aryl methyl sites for hydroxylation is 2. The van der Waals surface area contributed by atoms with Gasteiger partial charge >= 0.3 is 6.03 Å². The summed E-state index contributed by atoms with van der Waals surface area (Å²) in [5.74, 6) is 0.860. The molecule has 312 valence electrons. The first-order chi connectivity index (χ1) is 29.1. The fourth-order valence-electron chi connectivity index (χ4n) is 9.65. The minimum Gasteiger partial charge on any atom is -0.507 e. The van der Waals surface area contributed by atoms with E-state index in [1.165, 1.54) is 0 Å². The number of likely N-dealkylation sites (tertiary alicyclic amines) is 2. The van der Waals surface area contributed by atoms with Crippen LogP contribution < -0.4 is 20.9 Å². The molecule has 14 heteroatoms. The fraction of sp³-hybridized carbons (Fsp3) is 0.413. The third-order valence-corrected chi connectivity index (χ3v) is 12.9. The van der Waals surface area contributed by atoms with Gasteiger partial charge in [0.2, 0.25) is 5.91 Å². The number of morpholine rings is 1. The maximum atomic E-state index is 13.8. The molecule has 0 unspecified atom stereocenters. The first-order valence-corrected chi connectivity index (χ1v) is 21.2. The minimum atomic E-state index is -0.355. The number of benzene rings is 3. The smallest absolute Gasteiger partial charge is 0.328 e. The molecule has 2 aromatic heterocycles. The number of aromatic nitrogens is 3. The first kappa shape index (κ1) is 39.5. The van der Waals surface area contributed by atoms with Crippen LogP contribution in [0.2, 0.25) is 0 Å². The molecule has 4 aliphatic rings. The van der Waals surface area contributed by atoms with E-state index in [2.05, 4.69) is 55.1 Å². The molecule has 4 aliphatic heterocycles. The Bertz CT molecular complexity index is 2430. The largest absolute Gasteiger partial charge is 0.507 e. The van der Waals surface area contributed by atoms with Crippen molar-refractivity contribution in [3.8, 4) is 17.0 Å². The van der Waals surface area contributed by atoms with Crippen LogP contribution in [0.25, 0.3) is 22.2 Å². The van der Waals surface area contributed by atoms with Crippen LogP contribution in [-0.2, 0) is 9.53 Å². The zero-order chi connectivity index (χ0) is 41.5. The highest BCUT2D eigenvalue weighted by atomic mass is 16.5. The van der Waals surface area contributed by atoms with Crippen molar-refractivity contribution in [2.75, 3.05) is 74.5 Å². The molecule has 6 heterocycles. The van der Waals surface area contributed by atoms with Crippen molar-refractivity contribution in [3.63, 3.8) is 0 Å². The van der Waals surface area contributed by atoms with Gasteiger partial charge in [0.15, 0.2) is 5.82 Å². The van der Waals surface area contributed by atoms with E-state index in [1.54, 1.807) is 23.1 Å². The molecule has 5 aromatic rings. The molecule has 4 N–H and O–H groups in total. The van der Waals surface area contributed by atoms with Gasteiger partial charge in [-0.25, -0.2) is 4.79 Å². The second kappa shape index (κ2) is 16.6. The van der Waals surface area contributed by atoms with E-state index in [0.717, 1.165) is 97.4 Å². The number of nitrogens with two attached hydrogens (primary N) is 1. The lowest BCUT2D eigenvalue weighted by atomic mass is 9.93. The van der Waals surface area contributed by atoms with Gasteiger partial charge in [0, 0.05) is 87.5 Å². The molecule has 0 saturated carbocycles. The van der Waals surface area contributed by atoms with Crippen LogP contribution in [0.4, 0.5) is 22.0 Å². The average molecular weight is 812 g/mol. The number of piperidine rings is 2. The van der Waals surface area contributed by atoms with Gasteiger partial charge in [-0.15, -0.1) is 10.2 Å². The molecule has 9 rings (SSSR count). The second-order valence-corrected chi connectivity index (χ2v) is 16.9. The van der Waals surface area contributed by atoms with Crippen molar-refractivity contribution in [3.05, 3.63) is 95.2 Å². The highest BCUT2D eigenvalue weighted by Gasteiger charge is 2.31. The van der Waals surface area contributed by atoms with E-state index in [4.69, 9.17) is 10.5 Å². The summed E-state index contributed by atoms with van der Waals surface area (Å²) in [7, 11) is 0. The van der Waals surface area contributed by atoms with Crippen molar-refractivity contribution in [2.24, 2.45) is 5.92 Å². The minimum absolute atomic E-state index is 0.0779. The Hall–Kier alpha value is -5.99. The predicted octanol–water partition coefficient (Wildman–Crippen LogP) is 6.22. The topological polar surface area (TPSA) is 162 Å². The average Bonchev–Trinajstić information content (AvgIpc) is 3.68. The third-order valence-electron chi connectivity index (χ3n) is 12.9. The SMILES string of the molecule is Cc1cc(N2CCC(=O)NC2=O)c2ccn(C3CCN(CC4CCN(C(=O)c5ccc([C@@H]6CN(c7cc(-c8ccccc8O)nnc7N)CCO6)c(C)c5)CC4)CC3)c2c1. The Morgan fingerprint density at radius 1 is 0.900 bits per heavy atom. The number of nitrogens with one attached hydrogen (secondary N) is 1. The number of hydrogen-bond acceptors (Lipinski definition) is 10. The third kappa shape index (κ3) is 7.88. The number of carbonyl (C=O) groups is 3. The number of amides is 4. The number of para-hydroxylation sites is 1. The van der Waals surface area contributed by atoms with Crippen LogP contribution in [0.5, 0.6) is 5.75 Å². The Balaban J connectivity index is 0.775. The zero-order valence-corrected chi connectivity index (χ0v) is 34.3. The molecule has 0 spiro atoms. The van der Waals surface area contributed by atoms with Gasteiger partial charge in [-0.05, 0) is 111 Å². The summed E-state index contributed by atoms with van der Waals surface area (Å²) in [5.41, 5.74) is 14.0. The number of nitrogens with zero attached hydrogens (tertiary/aromatic N) is 7. The number of aromatic hydroxyl groups is 1. The summed E-state index contributed by atoms with van der Waals surface area (Å²) < 4.78 is 8.64. The van der Waals surface area contributed by atoms with Gasteiger partial charge in [-0.1, -0.05) is 18.2 Å². The normalized spacial score (nSPS) is 19.9. The van der Waals surface area contributed by atoms with Crippen LogP contribution in [0.15, 0.2) is 72.9 Å². The monoisotopic (exact) mass is 811 g/mol. The predicted molar refractivity (Wildman–Crippen MR) is 231 cm³/mol. The number of anilines is 3. The fourth-order valence-corrected chi connectivity index (χ4v) is 9.65. The molecule has 60 heavy (non-hydrogen) atoms. The quantitative estimate of drug-likeness (QED) is 0.164. The van der Waals surface area contributed by atoms with Crippen molar-refractivity contribution < 1.29 is 24.2 Å². The van der Waals surface area contributed by atoms with E-state index in [-0.39, 0.29) is 29.7 Å². The molecule has 0 aliphatic carbocycles. The van der Waals surface area contributed by atoms with E-state index in [9.17, 15) is 19.5 Å². The van der Waals surface area contributed by atoms with Gasteiger partial charge in [0.25, 0.3) is 5.91 Å². The van der Waals surface area contributed by atoms with E-state index in [1.807, 2.05) is 48.2 Å². The number of carbonyl (C=O) groups excluding carboxylic acids is 3. The molecule has 3 aromatic carbocycles. The Morgan fingerprint density at radius 3 is 2.47 bits per heavy atom. The van der Waals surface area contributed by atoms with E-state index >= 15 is 0 Å². The van der Waals surface area contributed by atoms with Crippen molar-refractivity contribution in [2.45, 2.75) is 58.1 Å². The Morgan fingerprint density at radius 2 is 1.70 bits per heavy atom. The molecule has 4 fully saturated rings. The summed E-state index contributed by atoms with van der Waals surface area (Å²) in [6.45, 7) is 10.8. The highest BCUT2D eigenvalue weighted by Crippen LogP contribution is 2.37. The molecule has 1 atom stereocenters. The molecule has 4 amide bonds. The Labute approximate surface area is 349 Å². The number of phenols is 1.